The summed E-state index contributed by atoms with van der Waals surface area (Å²) in [7, 11) is 0. The molecule has 0 spiro atoms. The van der Waals surface area contributed by atoms with E-state index in [-0.39, 0.29) is 12.5 Å². The molecular formula is C26H46N4O2. The highest BCUT2D eigenvalue weighted by Crippen LogP contribution is 2.53. The largest absolute Gasteiger partial charge is 0.363 e. The minimum absolute atomic E-state index is 0.207. The lowest BCUT2D eigenvalue weighted by atomic mass is 9.80. The molecule has 4 bridgehead atoms. The smallest absolute Gasteiger partial charge is 0.113 e. The first-order valence-electron chi connectivity index (χ1n) is 14.0. The molecule has 5 heterocycles. The van der Waals surface area contributed by atoms with E-state index in [0.29, 0.717) is 17.9 Å². The molecule has 0 aromatic heterocycles. The van der Waals surface area contributed by atoms with Gasteiger partial charge in [-0.1, -0.05) is 19.3 Å². The first-order valence-corrected chi connectivity index (χ1v) is 14.0. The van der Waals surface area contributed by atoms with Crippen LogP contribution in [-0.4, -0.2) is 80.9 Å². The predicted molar refractivity (Wildman–Crippen MR) is 126 cm³/mol. The summed E-state index contributed by atoms with van der Waals surface area (Å²) in [6.45, 7) is 9.13. The minimum atomic E-state index is 0.207. The summed E-state index contributed by atoms with van der Waals surface area (Å²) in [4.78, 5) is 5.25. The summed E-state index contributed by atoms with van der Waals surface area (Å²) in [5.41, 5.74) is 0. The Hall–Kier alpha value is -0.240. The van der Waals surface area contributed by atoms with Crippen LogP contribution in [0, 0.1) is 29.6 Å². The fourth-order valence-corrected chi connectivity index (χ4v) is 7.62. The molecule has 1 saturated carbocycles. The first-order chi connectivity index (χ1) is 15.8. The van der Waals surface area contributed by atoms with Gasteiger partial charge in [0.15, 0.2) is 0 Å². The van der Waals surface area contributed by atoms with Crippen LogP contribution in [0.15, 0.2) is 0 Å². The zero-order valence-corrected chi connectivity index (χ0v) is 20.1. The summed E-state index contributed by atoms with van der Waals surface area (Å²) < 4.78 is 13.0. The Bertz CT molecular complexity index is 621. The van der Waals surface area contributed by atoms with Gasteiger partial charge in [0.1, 0.15) is 12.5 Å². The number of hydrogen-bond donors (Lipinski definition) is 2. The molecule has 0 aromatic carbocycles. The van der Waals surface area contributed by atoms with Crippen molar-refractivity contribution in [2.24, 2.45) is 29.6 Å². The lowest BCUT2D eigenvalue weighted by Gasteiger charge is -2.45. The SMILES string of the molecule is C1CCC2CC2C2CC3CCCOC3NC2OC2CCN(CCNCN3CCC(C1)C3)C2. The van der Waals surface area contributed by atoms with Crippen molar-refractivity contribution in [3.05, 3.63) is 0 Å². The van der Waals surface area contributed by atoms with Gasteiger partial charge in [0.2, 0.25) is 0 Å². The van der Waals surface area contributed by atoms with E-state index in [1.807, 2.05) is 0 Å². The number of rotatable bonds is 0. The van der Waals surface area contributed by atoms with Gasteiger partial charge in [-0.25, -0.2) is 0 Å². The van der Waals surface area contributed by atoms with Crippen LogP contribution in [0.1, 0.15) is 64.2 Å². The zero-order chi connectivity index (χ0) is 21.3. The molecule has 0 radical (unpaired) electrons. The molecule has 10 atom stereocenters. The maximum absolute atomic E-state index is 6.84. The van der Waals surface area contributed by atoms with Crippen molar-refractivity contribution in [2.75, 3.05) is 52.5 Å². The molecule has 2 N–H and O–H groups in total. The predicted octanol–water partition coefficient (Wildman–Crippen LogP) is 2.84. The quantitative estimate of drug-likeness (QED) is 0.597. The van der Waals surface area contributed by atoms with E-state index in [1.165, 1.54) is 83.8 Å². The molecule has 6 rings (SSSR count). The number of nitrogens with one attached hydrogen (secondary N) is 2. The second kappa shape index (κ2) is 10.2. The highest BCUT2D eigenvalue weighted by Gasteiger charge is 2.50. The molecular weight excluding hydrogens is 400 g/mol. The van der Waals surface area contributed by atoms with Crippen LogP contribution in [0.4, 0.5) is 0 Å². The monoisotopic (exact) mass is 446 g/mol. The van der Waals surface area contributed by atoms with Crippen molar-refractivity contribution >= 4 is 0 Å². The molecule has 5 aliphatic heterocycles. The zero-order valence-electron chi connectivity index (χ0n) is 20.1. The van der Waals surface area contributed by atoms with Crippen LogP contribution in [0.3, 0.4) is 0 Å². The normalized spacial score (nSPS) is 50.2. The van der Waals surface area contributed by atoms with Crippen molar-refractivity contribution < 1.29 is 9.47 Å². The van der Waals surface area contributed by atoms with Crippen molar-refractivity contribution in [2.45, 2.75) is 82.8 Å². The minimum Gasteiger partial charge on any atom is -0.363 e. The van der Waals surface area contributed by atoms with Gasteiger partial charge in [0.05, 0.1) is 6.10 Å². The third-order valence-corrected chi connectivity index (χ3v) is 9.58. The highest BCUT2D eigenvalue weighted by atomic mass is 16.5. The molecule has 5 saturated heterocycles. The fourth-order valence-electron chi connectivity index (χ4n) is 7.62. The lowest BCUT2D eigenvalue weighted by Crippen LogP contribution is -2.57. The summed E-state index contributed by atoms with van der Waals surface area (Å²) >= 11 is 0. The Morgan fingerprint density at radius 1 is 0.719 bits per heavy atom. The number of hydrogen-bond acceptors (Lipinski definition) is 6. The summed E-state index contributed by atoms with van der Waals surface area (Å²) in [5, 5.41) is 7.58. The van der Waals surface area contributed by atoms with E-state index in [0.717, 1.165) is 50.7 Å². The lowest BCUT2D eigenvalue weighted by molar-refractivity contribution is -0.161. The van der Waals surface area contributed by atoms with E-state index >= 15 is 0 Å². The van der Waals surface area contributed by atoms with Crippen molar-refractivity contribution in [3.63, 3.8) is 0 Å². The molecule has 10 unspecified atom stereocenters. The Labute approximate surface area is 195 Å². The molecule has 0 amide bonds. The van der Waals surface area contributed by atoms with Crippen LogP contribution in [0.5, 0.6) is 0 Å². The van der Waals surface area contributed by atoms with Crippen molar-refractivity contribution in [1.29, 1.82) is 0 Å². The van der Waals surface area contributed by atoms with E-state index in [9.17, 15) is 0 Å². The molecule has 1 aliphatic carbocycles. The summed E-state index contributed by atoms with van der Waals surface area (Å²) in [6, 6.07) is 0. The van der Waals surface area contributed by atoms with E-state index < -0.39 is 0 Å². The summed E-state index contributed by atoms with van der Waals surface area (Å²) in [6.07, 6.45) is 14.5. The molecule has 6 aliphatic rings. The van der Waals surface area contributed by atoms with Crippen LogP contribution < -0.4 is 10.6 Å². The molecule has 182 valence electrons. The Morgan fingerprint density at radius 2 is 1.59 bits per heavy atom. The van der Waals surface area contributed by atoms with Gasteiger partial charge in [-0.05, 0) is 75.2 Å². The molecule has 6 nitrogen and oxygen atoms in total. The van der Waals surface area contributed by atoms with Gasteiger partial charge in [-0.2, -0.15) is 0 Å². The maximum Gasteiger partial charge on any atom is 0.113 e. The van der Waals surface area contributed by atoms with Gasteiger partial charge < -0.3 is 14.8 Å². The second-order valence-electron chi connectivity index (χ2n) is 11.9. The van der Waals surface area contributed by atoms with Crippen LogP contribution in [0.2, 0.25) is 0 Å². The van der Waals surface area contributed by atoms with Gasteiger partial charge in [0, 0.05) is 51.9 Å². The van der Waals surface area contributed by atoms with Crippen molar-refractivity contribution in [1.82, 2.24) is 20.4 Å². The fraction of sp³-hybridized carbons (Fsp3) is 1.00. The standard InChI is InChI=1S/C26H46N4O2/c1-2-5-20-14-23(20)24-15-21-6-3-13-31-25(21)28-26(24)32-22-8-11-29(17-22)12-9-27-18-30-10-7-19(4-1)16-30/h19-28H,1-18H2. The van der Waals surface area contributed by atoms with Gasteiger partial charge >= 0.3 is 0 Å². The number of nitrogens with zero attached hydrogens (tertiary/aromatic N) is 2. The average molecular weight is 447 g/mol. The molecule has 32 heavy (non-hydrogen) atoms. The van der Waals surface area contributed by atoms with Crippen LogP contribution in [0.25, 0.3) is 0 Å². The maximum atomic E-state index is 6.84. The number of piperidine rings is 1. The van der Waals surface area contributed by atoms with E-state index in [1.54, 1.807) is 0 Å². The first kappa shape index (κ1) is 22.2. The average Bonchev–Trinajstić information content (AvgIpc) is 3.19. The molecule has 0 aromatic rings. The number of ether oxygens (including phenoxy) is 2. The second-order valence-corrected chi connectivity index (χ2v) is 11.9. The third-order valence-electron chi connectivity index (χ3n) is 9.58. The van der Waals surface area contributed by atoms with Gasteiger partial charge in [0.25, 0.3) is 0 Å². The Balaban J connectivity index is 1.11. The van der Waals surface area contributed by atoms with Gasteiger partial charge in [-0.3, -0.25) is 15.1 Å². The van der Waals surface area contributed by atoms with Gasteiger partial charge in [-0.15, -0.1) is 0 Å². The molecule has 6 heteroatoms. The molecule has 6 fully saturated rings. The Kier molecular flexibility index (Phi) is 7.07. The highest BCUT2D eigenvalue weighted by molar-refractivity contribution is 4.99. The summed E-state index contributed by atoms with van der Waals surface area (Å²) in [5.74, 6) is 4.19. The topological polar surface area (TPSA) is 49.0 Å². The Morgan fingerprint density at radius 3 is 2.59 bits per heavy atom. The van der Waals surface area contributed by atoms with E-state index in [2.05, 4.69) is 20.4 Å². The van der Waals surface area contributed by atoms with Crippen LogP contribution in [-0.2, 0) is 9.47 Å². The van der Waals surface area contributed by atoms with Crippen LogP contribution >= 0.6 is 0 Å². The van der Waals surface area contributed by atoms with Crippen molar-refractivity contribution in [3.8, 4) is 0 Å². The van der Waals surface area contributed by atoms with E-state index in [4.69, 9.17) is 9.47 Å². The number of fused-ring (bicyclic) bond motifs is 8. The third kappa shape index (κ3) is 5.21.